The third-order valence-electron chi connectivity index (χ3n) is 4.88. The van der Waals surface area contributed by atoms with Crippen LogP contribution in [0, 0.1) is 17.3 Å². The van der Waals surface area contributed by atoms with E-state index in [1.807, 2.05) is 46.8 Å². The van der Waals surface area contributed by atoms with Crippen molar-refractivity contribution in [1.29, 1.82) is 0 Å². The van der Waals surface area contributed by atoms with Crippen molar-refractivity contribution >= 4 is 45.0 Å². The van der Waals surface area contributed by atoms with E-state index in [9.17, 15) is 19.6 Å². The Morgan fingerprint density at radius 1 is 1.13 bits per heavy atom. The van der Waals surface area contributed by atoms with Gasteiger partial charge < -0.3 is 16.0 Å². The topological polar surface area (TPSA) is 120 Å². The SMILES string of the molecule is CNC(=O)[C@@H](NC(=O)[C@H](CC(C)C)[C@H](NCCc1ccc(Br)s1)C(=O)NO)C(C)(C)C. The summed E-state index contributed by atoms with van der Waals surface area (Å²) in [6.07, 6.45) is 1.08. The molecule has 0 bridgehead atoms. The summed E-state index contributed by atoms with van der Waals surface area (Å²) in [5.41, 5.74) is 1.16. The van der Waals surface area contributed by atoms with E-state index in [1.165, 1.54) is 7.05 Å². The number of hydrogen-bond acceptors (Lipinski definition) is 6. The number of halogens is 1. The van der Waals surface area contributed by atoms with Crippen LogP contribution >= 0.6 is 27.3 Å². The van der Waals surface area contributed by atoms with Crippen molar-refractivity contribution in [3.8, 4) is 0 Å². The Bertz CT molecular complexity index is 748. The largest absolute Gasteiger partial charge is 0.357 e. The van der Waals surface area contributed by atoms with Gasteiger partial charge in [-0.05, 0) is 52.2 Å². The lowest BCUT2D eigenvalue weighted by Gasteiger charge is -2.33. The lowest BCUT2D eigenvalue weighted by atomic mass is 9.84. The Balaban J connectivity index is 3.05. The summed E-state index contributed by atoms with van der Waals surface area (Å²) in [6, 6.07) is 2.24. The third-order valence-corrected chi connectivity index (χ3v) is 6.57. The average Bonchev–Trinajstić information content (AvgIpc) is 3.10. The minimum atomic E-state index is -0.943. The van der Waals surface area contributed by atoms with Crippen LogP contribution in [0.25, 0.3) is 0 Å². The molecule has 1 aromatic rings. The molecule has 31 heavy (non-hydrogen) atoms. The number of thiophene rings is 1. The first-order valence-corrected chi connectivity index (χ1v) is 11.9. The molecule has 0 saturated carbocycles. The van der Waals surface area contributed by atoms with Crippen molar-refractivity contribution in [3.05, 3.63) is 20.8 Å². The summed E-state index contributed by atoms with van der Waals surface area (Å²) >= 11 is 5.03. The molecule has 0 unspecified atom stereocenters. The van der Waals surface area contributed by atoms with E-state index in [1.54, 1.807) is 16.8 Å². The van der Waals surface area contributed by atoms with Gasteiger partial charge in [-0.1, -0.05) is 34.6 Å². The summed E-state index contributed by atoms with van der Waals surface area (Å²) in [6.45, 7) is 9.94. The Kier molecular flexibility index (Phi) is 11.1. The van der Waals surface area contributed by atoms with E-state index < -0.39 is 35.2 Å². The molecule has 1 heterocycles. The molecule has 10 heteroatoms. The van der Waals surface area contributed by atoms with Gasteiger partial charge in [-0.15, -0.1) is 11.3 Å². The lowest BCUT2D eigenvalue weighted by Crippen LogP contribution is -2.58. The van der Waals surface area contributed by atoms with Crippen LogP contribution in [0.5, 0.6) is 0 Å². The predicted octanol–water partition coefficient (Wildman–Crippen LogP) is 2.46. The molecule has 176 valence electrons. The fourth-order valence-electron chi connectivity index (χ4n) is 3.30. The summed E-state index contributed by atoms with van der Waals surface area (Å²) in [7, 11) is 1.52. The van der Waals surface area contributed by atoms with Gasteiger partial charge in [-0.3, -0.25) is 19.6 Å². The maximum absolute atomic E-state index is 13.3. The number of carbonyl (C=O) groups excluding carboxylic acids is 3. The molecule has 0 aliphatic carbocycles. The Morgan fingerprint density at radius 3 is 2.23 bits per heavy atom. The highest BCUT2D eigenvalue weighted by atomic mass is 79.9. The molecule has 8 nitrogen and oxygen atoms in total. The van der Waals surface area contributed by atoms with E-state index in [-0.39, 0.29) is 11.8 Å². The highest BCUT2D eigenvalue weighted by Gasteiger charge is 2.38. The Labute approximate surface area is 197 Å². The molecule has 0 radical (unpaired) electrons. The second-order valence-electron chi connectivity index (χ2n) is 9.02. The number of carbonyl (C=O) groups is 3. The zero-order valence-corrected chi connectivity index (χ0v) is 21.4. The molecule has 3 amide bonds. The first-order valence-electron chi connectivity index (χ1n) is 10.3. The van der Waals surface area contributed by atoms with Crippen molar-refractivity contribution < 1.29 is 19.6 Å². The summed E-state index contributed by atoms with van der Waals surface area (Å²) < 4.78 is 1.02. The van der Waals surface area contributed by atoms with Gasteiger partial charge >= 0.3 is 0 Å². The molecular formula is C21H35BrN4O4S. The maximum Gasteiger partial charge on any atom is 0.261 e. The van der Waals surface area contributed by atoms with Gasteiger partial charge in [0.25, 0.3) is 5.91 Å². The van der Waals surface area contributed by atoms with Gasteiger partial charge in [0.05, 0.1) is 9.70 Å². The molecule has 0 spiro atoms. The lowest BCUT2D eigenvalue weighted by molar-refractivity contribution is -0.139. The summed E-state index contributed by atoms with van der Waals surface area (Å²) in [5, 5.41) is 17.8. The zero-order chi connectivity index (χ0) is 23.8. The number of likely N-dealkylation sites (N-methyl/N-ethyl adjacent to an activating group) is 1. The van der Waals surface area contributed by atoms with Gasteiger partial charge in [0, 0.05) is 18.5 Å². The molecule has 0 aliphatic rings. The monoisotopic (exact) mass is 518 g/mol. The molecule has 0 aromatic carbocycles. The smallest absolute Gasteiger partial charge is 0.261 e. The Hall–Kier alpha value is -1.49. The van der Waals surface area contributed by atoms with Crippen LogP contribution in [-0.2, 0) is 20.8 Å². The molecule has 1 aromatic heterocycles. The number of amides is 3. The van der Waals surface area contributed by atoms with E-state index in [0.717, 1.165) is 8.66 Å². The van der Waals surface area contributed by atoms with E-state index >= 15 is 0 Å². The first-order chi connectivity index (χ1) is 14.4. The van der Waals surface area contributed by atoms with E-state index in [2.05, 4.69) is 31.9 Å². The molecule has 0 fully saturated rings. The van der Waals surface area contributed by atoms with Crippen LogP contribution in [0.15, 0.2) is 15.9 Å². The van der Waals surface area contributed by atoms with Gasteiger partial charge in [0.2, 0.25) is 11.8 Å². The van der Waals surface area contributed by atoms with Crippen LogP contribution in [0.3, 0.4) is 0 Å². The minimum absolute atomic E-state index is 0.118. The average molecular weight is 520 g/mol. The number of hydroxylamine groups is 1. The summed E-state index contributed by atoms with van der Waals surface area (Å²) in [5.74, 6) is -2.04. The fourth-order valence-corrected chi connectivity index (χ4v) is 4.78. The predicted molar refractivity (Wildman–Crippen MR) is 126 cm³/mol. The van der Waals surface area contributed by atoms with Crippen LogP contribution in [-0.4, -0.2) is 48.6 Å². The quantitative estimate of drug-likeness (QED) is 0.227. The van der Waals surface area contributed by atoms with E-state index in [0.29, 0.717) is 19.4 Å². The fraction of sp³-hybridized carbons (Fsp3) is 0.667. The number of hydrogen-bond donors (Lipinski definition) is 5. The van der Waals surface area contributed by atoms with Crippen molar-refractivity contribution in [2.24, 2.45) is 17.3 Å². The van der Waals surface area contributed by atoms with Crippen LogP contribution in [0.1, 0.15) is 45.9 Å². The third kappa shape index (κ3) is 8.88. The molecule has 1 rings (SSSR count). The standard InChI is InChI=1S/C21H35BrN4O4S/c1-12(2)11-14(18(27)25-17(20(29)23-6)21(3,4)5)16(19(28)26-30)24-10-9-13-7-8-15(22)31-13/h7-8,12,14,16-17,24,30H,9-11H2,1-6H3,(H,23,29)(H,25,27)(H,26,28)/t14-,16+,17-/m1/s1. The van der Waals surface area contributed by atoms with Crippen molar-refractivity contribution in [2.45, 2.75) is 59.5 Å². The minimum Gasteiger partial charge on any atom is -0.357 e. The number of rotatable bonds is 11. The molecule has 0 saturated heterocycles. The van der Waals surface area contributed by atoms with Gasteiger partial charge in [0.15, 0.2) is 0 Å². The van der Waals surface area contributed by atoms with Gasteiger partial charge in [0.1, 0.15) is 12.1 Å². The van der Waals surface area contributed by atoms with Gasteiger partial charge in [-0.2, -0.15) is 0 Å². The highest BCUT2D eigenvalue weighted by Crippen LogP contribution is 2.24. The molecule has 5 N–H and O–H groups in total. The second kappa shape index (κ2) is 12.5. The van der Waals surface area contributed by atoms with Crippen LogP contribution in [0.4, 0.5) is 0 Å². The van der Waals surface area contributed by atoms with Crippen molar-refractivity contribution in [2.75, 3.05) is 13.6 Å². The van der Waals surface area contributed by atoms with E-state index in [4.69, 9.17) is 0 Å². The molecule has 3 atom stereocenters. The molecule has 0 aliphatic heterocycles. The highest BCUT2D eigenvalue weighted by molar-refractivity contribution is 9.11. The second-order valence-corrected chi connectivity index (χ2v) is 11.6. The summed E-state index contributed by atoms with van der Waals surface area (Å²) in [4.78, 5) is 39.2. The normalized spacial score (nSPS) is 14.6. The first kappa shape index (κ1) is 27.5. The van der Waals surface area contributed by atoms with Crippen molar-refractivity contribution in [1.82, 2.24) is 21.4 Å². The van der Waals surface area contributed by atoms with Crippen molar-refractivity contribution in [3.63, 3.8) is 0 Å². The maximum atomic E-state index is 13.3. The Morgan fingerprint density at radius 2 is 1.77 bits per heavy atom. The molecular weight excluding hydrogens is 484 g/mol. The van der Waals surface area contributed by atoms with Gasteiger partial charge in [-0.25, -0.2) is 5.48 Å². The van der Waals surface area contributed by atoms with Crippen LogP contribution in [0.2, 0.25) is 0 Å². The zero-order valence-electron chi connectivity index (χ0n) is 19.0. The number of nitrogens with one attached hydrogen (secondary N) is 4. The van der Waals surface area contributed by atoms with Crippen LogP contribution < -0.4 is 21.4 Å².